The highest BCUT2D eigenvalue weighted by molar-refractivity contribution is 7.16. The maximum atomic E-state index is 12.1. The fraction of sp³-hybridized carbons (Fsp3) is 0.167. The quantitative estimate of drug-likeness (QED) is 0.663. The minimum atomic E-state index is 0.00977. The molecule has 16 heavy (non-hydrogen) atoms. The summed E-state index contributed by atoms with van der Waals surface area (Å²) in [4.78, 5) is 26.5. The Hall–Kier alpha value is -1.26. The van der Waals surface area contributed by atoms with Crippen molar-refractivity contribution in [2.24, 2.45) is 0 Å². The van der Waals surface area contributed by atoms with Crippen molar-refractivity contribution in [3.8, 4) is 0 Å². The van der Waals surface area contributed by atoms with Crippen molar-refractivity contribution in [2.75, 3.05) is 0 Å². The van der Waals surface area contributed by atoms with E-state index in [-0.39, 0.29) is 11.6 Å². The number of hydrogen-bond donors (Lipinski definition) is 0. The number of ketones is 2. The first-order valence-corrected chi connectivity index (χ1v) is 6.71. The molecule has 0 bridgehead atoms. The van der Waals surface area contributed by atoms with Gasteiger partial charge < -0.3 is 0 Å². The monoisotopic (exact) mass is 248 g/mol. The van der Waals surface area contributed by atoms with E-state index >= 15 is 0 Å². The zero-order valence-electron chi connectivity index (χ0n) is 8.57. The second-order valence-electron chi connectivity index (χ2n) is 3.63. The maximum Gasteiger partial charge on any atom is 0.205 e. The Bertz CT molecular complexity index is 556. The second-order valence-corrected chi connectivity index (χ2v) is 5.68. The number of carbonyl (C=O) groups is 2. The van der Waals surface area contributed by atoms with Crippen LogP contribution < -0.4 is 0 Å². The number of aryl methyl sites for hydroxylation is 1. The van der Waals surface area contributed by atoms with E-state index < -0.39 is 0 Å². The molecular weight excluding hydrogens is 240 g/mol. The number of fused-ring (bicyclic) bond motifs is 2. The largest absolute Gasteiger partial charge is 0.288 e. The fourth-order valence-corrected chi connectivity index (χ4v) is 3.75. The van der Waals surface area contributed by atoms with Gasteiger partial charge in [0, 0.05) is 16.0 Å². The van der Waals surface area contributed by atoms with Crippen LogP contribution in [-0.4, -0.2) is 11.6 Å². The van der Waals surface area contributed by atoms with E-state index in [0.29, 0.717) is 20.9 Å². The Morgan fingerprint density at radius 2 is 1.88 bits per heavy atom. The zero-order valence-corrected chi connectivity index (χ0v) is 10.2. The molecule has 1 aliphatic rings. The van der Waals surface area contributed by atoms with Gasteiger partial charge in [-0.2, -0.15) is 0 Å². The van der Waals surface area contributed by atoms with Crippen LogP contribution in [-0.2, 0) is 6.42 Å². The van der Waals surface area contributed by atoms with Gasteiger partial charge in [-0.15, -0.1) is 22.7 Å². The molecule has 0 radical (unpaired) electrons. The van der Waals surface area contributed by atoms with E-state index in [1.165, 1.54) is 22.7 Å². The third kappa shape index (κ3) is 1.17. The van der Waals surface area contributed by atoms with Crippen molar-refractivity contribution >= 4 is 34.2 Å². The normalized spacial score (nSPS) is 13.8. The molecule has 0 atom stereocenters. The van der Waals surface area contributed by atoms with E-state index in [2.05, 4.69) is 0 Å². The second kappa shape index (κ2) is 3.37. The molecule has 0 spiro atoms. The molecule has 0 saturated carbocycles. The first kappa shape index (κ1) is 9.93. The minimum Gasteiger partial charge on any atom is -0.288 e. The van der Waals surface area contributed by atoms with E-state index in [1.54, 1.807) is 11.4 Å². The van der Waals surface area contributed by atoms with Crippen LogP contribution in [0.25, 0.3) is 0 Å². The van der Waals surface area contributed by atoms with E-state index in [4.69, 9.17) is 0 Å². The molecule has 0 unspecified atom stereocenters. The number of rotatable bonds is 1. The fourth-order valence-electron chi connectivity index (χ4n) is 1.86. The predicted octanol–water partition coefficient (Wildman–Crippen LogP) is 3.15. The molecular formula is C12H8O2S2. The first-order valence-electron chi connectivity index (χ1n) is 5.02. The Kier molecular flexibility index (Phi) is 2.09. The summed E-state index contributed by atoms with van der Waals surface area (Å²) in [6.07, 6.45) is 0.867. The summed E-state index contributed by atoms with van der Waals surface area (Å²) in [5.41, 5.74) is 1.17. The summed E-state index contributed by atoms with van der Waals surface area (Å²) in [5.74, 6) is 0.0195. The summed E-state index contributed by atoms with van der Waals surface area (Å²) >= 11 is 2.80. The zero-order chi connectivity index (χ0) is 11.3. The van der Waals surface area contributed by atoms with Gasteiger partial charge in [-0.25, -0.2) is 0 Å². The van der Waals surface area contributed by atoms with Gasteiger partial charge in [0.25, 0.3) is 0 Å². The molecule has 80 valence electrons. The van der Waals surface area contributed by atoms with Gasteiger partial charge in [0.05, 0.1) is 9.75 Å². The molecule has 4 heteroatoms. The van der Waals surface area contributed by atoms with E-state index in [9.17, 15) is 9.59 Å². The molecule has 2 aromatic rings. The molecule has 2 heterocycles. The first-order chi connectivity index (χ1) is 7.72. The molecule has 2 aromatic heterocycles. The van der Waals surface area contributed by atoms with Crippen molar-refractivity contribution in [3.05, 3.63) is 43.3 Å². The van der Waals surface area contributed by atoms with Crippen molar-refractivity contribution in [2.45, 2.75) is 13.3 Å². The van der Waals surface area contributed by atoms with Crippen molar-refractivity contribution in [3.63, 3.8) is 0 Å². The summed E-state index contributed by atoms with van der Waals surface area (Å²) < 4.78 is 0. The summed E-state index contributed by atoms with van der Waals surface area (Å²) in [7, 11) is 0. The van der Waals surface area contributed by atoms with Crippen molar-refractivity contribution in [1.29, 1.82) is 0 Å². The van der Waals surface area contributed by atoms with Gasteiger partial charge in [-0.1, -0.05) is 6.92 Å². The smallest absolute Gasteiger partial charge is 0.205 e. The minimum absolute atomic E-state index is 0.00977. The SMILES string of the molecule is CCc1cc2c(s1)C(=O)c1ccsc1C2=O. The molecule has 0 N–H and O–H groups in total. The highest BCUT2D eigenvalue weighted by atomic mass is 32.1. The molecule has 0 saturated heterocycles. The van der Waals surface area contributed by atoms with Crippen LogP contribution >= 0.6 is 22.7 Å². The Labute approximate surface area is 101 Å². The van der Waals surface area contributed by atoms with Gasteiger partial charge in [0.1, 0.15) is 0 Å². The van der Waals surface area contributed by atoms with Gasteiger partial charge in [0.15, 0.2) is 0 Å². The van der Waals surface area contributed by atoms with Gasteiger partial charge in [-0.3, -0.25) is 9.59 Å². The number of carbonyl (C=O) groups excluding carboxylic acids is 2. The van der Waals surface area contributed by atoms with E-state index in [0.717, 1.165) is 11.3 Å². The lowest BCUT2D eigenvalue weighted by molar-refractivity contribution is 0.0986. The topological polar surface area (TPSA) is 34.1 Å². The summed E-state index contributed by atoms with van der Waals surface area (Å²) in [6.45, 7) is 2.03. The Morgan fingerprint density at radius 3 is 2.62 bits per heavy atom. The highest BCUT2D eigenvalue weighted by Gasteiger charge is 2.32. The number of hydrogen-bond acceptors (Lipinski definition) is 4. The molecule has 0 aromatic carbocycles. The molecule has 3 rings (SSSR count). The van der Waals surface area contributed by atoms with Crippen LogP contribution in [0.2, 0.25) is 0 Å². The van der Waals surface area contributed by atoms with Crippen LogP contribution in [0.15, 0.2) is 17.5 Å². The third-order valence-corrected chi connectivity index (χ3v) is 4.89. The average Bonchev–Trinajstić information content (AvgIpc) is 2.92. The van der Waals surface area contributed by atoms with Crippen LogP contribution in [0.1, 0.15) is 42.3 Å². The molecule has 0 aliphatic heterocycles. The van der Waals surface area contributed by atoms with Gasteiger partial charge in [0.2, 0.25) is 11.6 Å². The molecule has 0 amide bonds. The van der Waals surface area contributed by atoms with Crippen LogP contribution in [0, 0.1) is 0 Å². The molecule has 0 fully saturated rings. The van der Waals surface area contributed by atoms with Crippen molar-refractivity contribution in [1.82, 2.24) is 0 Å². The Balaban J connectivity index is 2.27. The summed E-state index contributed by atoms with van der Waals surface area (Å²) in [5, 5.41) is 1.80. The van der Waals surface area contributed by atoms with Gasteiger partial charge >= 0.3 is 0 Å². The lowest BCUT2D eigenvalue weighted by Crippen LogP contribution is -2.15. The molecule has 2 nitrogen and oxygen atoms in total. The van der Waals surface area contributed by atoms with Crippen LogP contribution in [0.5, 0.6) is 0 Å². The number of thiophene rings is 2. The highest BCUT2D eigenvalue weighted by Crippen LogP contribution is 2.35. The summed E-state index contributed by atoms with van der Waals surface area (Å²) in [6, 6.07) is 3.61. The predicted molar refractivity (Wildman–Crippen MR) is 64.9 cm³/mol. The van der Waals surface area contributed by atoms with Crippen LogP contribution in [0.4, 0.5) is 0 Å². The lowest BCUT2D eigenvalue weighted by atomic mass is 9.96. The van der Waals surface area contributed by atoms with E-state index in [1.807, 2.05) is 13.0 Å². The van der Waals surface area contributed by atoms with Crippen molar-refractivity contribution < 1.29 is 9.59 Å². The average molecular weight is 248 g/mol. The van der Waals surface area contributed by atoms with Crippen LogP contribution in [0.3, 0.4) is 0 Å². The molecule has 1 aliphatic carbocycles. The third-order valence-electron chi connectivity index (χ3n) is 2.70. The van der Waals surface area contributed by atoms with Gasteiger partial charge in [-0.05, 0) is 23.9 Å². The Morgan fingerprint density at radius 1 is 1.12 bits per heavy atom. The lowest BCUT2D eigenvalue weighted by Gasteiger charge is -2.08. The standard InChI is InChI=1S/C12H8O2S2/c1-2-6-5-8-10(14)11-7(3-4-15-11)9(13)12(8)16-6/h3-5H,2H2,1H3. The maximum absolute atomic E-state index is 12.1.